The minimum absolute atomic E-state index is 0.340. The molecule has 2 N–H and O–H groups in total. The number of pyridine rings is 1. The summed E-state index contributed by atoms with van der Waals surface area (Å²) in [6.07, 6.45) is 0. The number of aryl methyl sites for hydroxylation is 1. The topological polar surface area (TPSA) is 38.9 Å². The van der Waals surface area contributed by atoms with Crippen molar-refractivity contribution < 1.29 is 4.39 Å². The molecular weight excluding hydrogens is 247 g/mol. The van der Waals surface area contributed by atoms with Crippen LogP contribution < -0.4 is 5.73 Å². The van der Waals surface area contributed by atoms with Crippen molar-refractivity contribution in [1.82, 2.24) is 4.98 Å². The minimum atomic E-state index is -0.340. The zero-order valence-electron chi connectivity index (χ0n) is 7.51. The molecule has 0 bridgehead atoms. The Bertz CT molecular complexity index is 511. The molecule has 1 heterocycles. The second-order valence-corrected chi connectivity index (χ2v) is 3.96. The molecule has 0 radical (unpaired) electrons. The number of rotatable bonds is 0. The summed E-state index contributed by atoms with van der Waals surface area (Å²) >= 11 is 3.31. The molecule has 1 aromatic carbocycles. The first-order chi connectivity index (χ1) is 6.59. The first-order valence-corrected chi connectivity index (χ1v) is 4.89. The van der Waals surface area contributed by atoms with E-state index in [9.17, 15) is 4.39 Å². The molecular formula is C10H8BrFN2. The lowest BCUT2D eigenvalue weighted by atomic mass is 10.1. The largest absolute Gasteiger partial charge is 0.398 e. The van der Waals surface area contributed by atoms with Gasteiger partial charge in [0.15, 0.2) is 0 Å². The monoisotopic (exact) mass is 254 g/mol. The third-order valence-corrected chi connectivity index (χ3v) is 2.66. The molecule has 0 saturated carbocycles. The van der Waals surface area contributed by atoms with E-state index in [4.69, 9.17) is 5.73 Å². The van der Waals surface area contributed by atoms with Crippen LogP contribution in [0.1, 0.15) is 5.69 Å². The number of anilines is 1. The fraction of sp³-hybridized carbons (Fsp3) is 0.100. The van der Waals surface area contributed by atoms with Crippen LogP contribution in [0, 0.1) is 12.7 Å². The van der Waals surface area contributed by atoms with Gasteiger partial charge in [0, 0.05) is 15.9 Å². The lowest BCUT2D eigenvalue weighted by Gasteiger charge is -2.05. The van der Waals surface area contributed by atoms with Gasteiger partial charge in [-0.05, 0) is 41.1 Å². The molecule has 0 aliphatic rings. The van der Waals surface area contributed by atoms with E-state index < -0.39 is 0 Å². The maximum Gasteiger partial charge on any atom is 0.134 e. The average molecular weight is 255 g/mol. The van der Waals surface area contributed by atoms with Gasteiger partial charge in [0.1, 0.15) is 5.82 Å². The van der Waals surface area contributed by atoms with E-state index >= 15 is 0 Å². The smallest absolute Gasteiger partial charge is 0.134 e. The Balaban J connectivity index is 3.00. The third-order valence-electron chi connectivity index (χ3n) is 2.02. The minimum Gasteiger partial charge on any atom is -0.398 e. The van der Waals surface area contributed by atoms with Crippen molar-refractivity contribution in [2.45, 2.75) is 6.92 Å². The van der Waals surface area contributed by atoms with E-state index in [0.29, 0.717) is 16.6 Å². The second kappa shape index (κ2) is 3.20. The summed E-state index contributed by atoms with van der Waals surface area (Å²) in [4.78, 5) is 4.23. The van der Waals surface area contributed by atoms with Gasteiger partial charge in [-0.15, -0.1) is 0 Å². The van der Waals surface area contributed by atoms with Crippen LogP contribution in [-0.2, 0) is 0 Å². The number of hydrogen-bond acceptors (Lipinski definition) is 2. The van der Waals surface area contributed by atoms with Gasteiger partial charge in [-0.25, -0.2) is 4.39 Å². The molecule has 2 aromatic rings. The second-order valence-electron chi connectivity index (χ2n) is 3.11. The highest BCUT2D eigenvalue weighted by molar-refractivity contribution is 9.10. The zero-order chi connectivity index (χ0) is 10.3. The van der Waals surface area contributed by atoms with Crippen LogP contribution in [0.15, 0.2) is 22.7 Å². The fourth-order valence-electron chi connectivity index (χ4n) is 1.43. The molecule has 2 nitrogen and oxygen atoms in total. The van der Waals surface area contributed by atoms with E-state index in [-0.39, 0.29) is 5.82 Å². The summed E-state index contributed by atoms with van der Waals surface area (Å²) in [5, 5.41) is 0.380. The lowest BCUT2D eigenvalue weighted by molar-refractivity contribution is 0.639. The molecule has 4 heteroatoms. The molecule has 0 fully saturated rings. The molecule has 0 atom stereocenters. The number of hydrogen-bond donors (Lipinski definition) is 1. The zero-order valence-corrected chi connectivity index (χ0v) is 9.10. The number of aromatic nitrogens is 1. The summed E-state index contributed by atoms with van der Waals surface area (Å²) in [6, 6.07) is 4.67. The van der Waals surface area contributed by atoms with E-state index in [1.807, 2.05) is 6.92 Å². The van der Waals surface area contributed by atoms with Crippen LogP contribution in [0.2, 0.25) is 0 Å². The van der Waals surface area contributed by atoms with Crippen LogP contribution >= 0.6 is 15.9 Å². The highest BCUT2D eigenvalue weighted by atomic mass is 79.9. The van der Waals surface area contributed by atoms with Crippen molar-refractivity contribution >= 4 is 32.5 Å². The van der Waals surface area contributed by atoms with Crippen LogP contribution in [0.3, 0.4) is 0 Å². The highest BCUT2D eigenvalue weighted by Crippen LogP contribution is 2.29. The summed E-state index contributed by atoms with van der Waals surface area (Å²) in [5.74, 6) is -0.340. The number of nitrogens with two attached hydrogens (primary N) is 1. The van der Waals surface area contributed by atoms with Gasteiger partial charge in [-0.3, -0.25) is 4.98 Å². The predicted molar refractivity (Wildman–Crippen MR) is 58.6 cm³/mol. The van der Waals surface area contributed by atoms with Crippen molar-refractivity contribution in [3.8, 4) is 0 Å². The average Bonchev–Trinajstić information content (AvgIpc) is 2.10. The molecule has 72 valence electrons. The maximum atomic E-state index is 13.4. The molecule has 0 spiro atoms. The van der Waals surface area contributed by atoms with Gasteiger partial charge in [0.2, 0.25) is 0 Å². The Morgan fingerprint density at radius 3 is 2.86 bits per heavy atom. The Labute approximate surface area is 89.1 Å². The van der Waals surface area contributed by atoms with Crippen LogP contribution in [0.4, 0.5) is 10.1 Å². The van der Waals surface area contributed by atoms with E-state index in [1.54, 1.807) is 12.1 Å². The van der Waals surface area contributed by atoms with Gasteiger partial charge in [-0.1, -0.05) is 0 Å². The summed E-state index contributed by atoms with van der Waals surface area (Å²) in [6.45, 7) is 1.83. The van der Waals surface area contributed by atoms with Crippen molar-refractivity contribution in [2.24, 2.45) is 0 Å². The van der Waals surface area contributed by atoms with E-state index in [0.717, 1.165) is 10.2 Å². The summed E-state index contributed by atoms with van der Waals surface area (Å²) in [7, 11) is 0. The van der Waals surface area contributed by atoms with Crippen molar-refractivity contribution in [3.63, 3.8) is 0 Å². The standard InChI is InChI=1S/C10H8BrFN2/c1-5-4-8(13)9-7(12)3-2-6(11)10(9)14-5/h2-4H,1H3,(H2,13,14). The van der Waals surface area contributed by atoms with Crippen molar-refractivity contribution in [2.75, 3.05) is 5.73 Å². The molecule has 14 heavy (non-hydrogen) atoms. The molecule has 0 saturated heterocycles. The highest BCUT2D eigenvalue weighted by Gasteiger charge is 2.09. The Morgan fingerprint density at radius 2 is 2.14 bits per heavy atom. The first kappa shape index (κ1) is 9.40. The molecule has 0 unspecified atom stereocenters. The lowest BCUT2D eigenvalue weighted by Crippen LogP contribution is -1.95. The van der Waals surface area contributed by atoms with E-state index in [2.05, 4.69) is 20.9 Å². The van der Waals surface area contributed by atoms with Gasteiger partial charge < -0.3 is 5.73 Å². The van der Waals surface area contributed by atoms with Gasteiger partial charge in [-0.2, -0.15) is 0 Å². The number of nitrogen functional groups attached to an aromatic ring is 1. The number of benzene rings is 1. The van der Waals surface area contributed by atoms with Crippen LogP contribution in [0.5, 0.6) is 0 Å². The maximum absolute atomic E-state index is 13.4. The Kier molecular flexibility index (Phi) is 2.15. The SMILES string of the molecule is Cc1cc(N)c2c(F)ccc(Br)c2n1. The molecule has 1 aromatic heterocycles. The first-order valence-electron chi connectivity index (χ1n) is 4.10. The number of nitrogens with zero attached hydrogens (tertiary/aromatic N) is 1. The Hall–Kier alpha value is -1.16. The summed E-state index contributed by atoms with van der Waals surface area (Å²) < 4.78 is 14.2. The van der Waals surface area contributed by atoms with Crippen LogP contribution in [0.25, 0.3) is 10.9 Å². The molecule has 0 aliphatic carbocycles. The van der Waals surface area contributed by atoms with E-state index in [1.165, 1.54) is 6.07 Å². The quantitative estimate of drug-likeness (QED) is 0.785. The van der Waals surface area contributed by atoms with Gasteiger partial charge in [0.05, 0.1) is 10.9 Å². The Morgan fingerprint density at radius 1 is 1.43 bits per heavy atom. The van der Waals surface area contributed by atoms with Gasteiger partial charge in [0.25, 0.3) is 0 Å². The number of halogens is 2. The number of fused-ring (bicyclic) bond motifs is 1. The van der Waals surface area contributed by atoms with Crippen LogP contribution in [-0.4, -0.2) is 4.98 Å². The summed E-state index contributed by atoms with van der Waals surface area (Å²) in [5.41, 5.74) is 7.50. The fourth-order valence-corrected chi connectivity index (χ4v) is 1.85. The molecule has 0 aliphatic heterocycles. The van der Waals surface area contributed by atoms with Crippen molar-refractivity contribution in [3.05, 3.63) is 34.2 Å². The predicted octanol–water partition coefficient (Wildman–Crippen LogP) is 3.03. The normalized spacial score (nSPS) is 10.8. The third kappa shape index (κ3) is 1.35. The molecule has 0 amide bonds. The van der Waals surface area contributed by atoms with Crippen molar-refractivity contribution in [1.29, 1.82) is 0 Å². The molecule has 2 rings (SSSR count). The van der Waals surface area contributed by atoms with Gasteiger partial charge >= 0.3 is 0 Å².